The largest absolute Gasteiger partial charge is 0.454 e. The second-order valence-corrected chi connectivity index (χ2v) is 7.13. The molecule has 1 heterocycles. The number of hydrogen-bond donors (Lipinski definition) is 2. The molecule has 0 aromatic heterocycles. The van der Waals surface area contributed by atoms with Gasteiger partial charge in [-0.25, -0.2) is 0 Å². The molecule has 0 radical (unpaired) electrons. The van der Waals surface area contributed by atoms with Crippen LogP contribution in [0.4, 0.5) is 0 Å². The summed E-state index contributed by atoms with van der Waals surface area (Å²) in [4.78, 5) is 6.40. The Bertz CT molecular complexity index is 868. The third-order valence-corrected chi connectivity index (χ3v) is 5.30. The third kappa shape index (κ3) is 3.45. The predicted molar refractivity (Wildman–Crippen MR) is 104 cm³/mol. The maximum absolute atomic E-state index is 11.1. The van der Waals surface area contributed by atoms with Crippen LogP contribution in [0.1, 0.15) is 23.1 Å². The van der Waals surface area contributed by atoms with E-state index >= 15 is 0 Å². The van der Waals surface area contributed by atoms with Crippen LogP contribution in [0.2, 0.25) is 0 Å². The van der Waals surface area contributed by atoms with Crippen LogP contribution in [0.3, 0.4) is 0 Å². The number of ether oxygens (including phenoxy) is 2. The summed E-state index contributed by atoms with van der Waals surface area (Å²) in [5.41, 5.74) is 2.50. The fourth-order valence-electron chi connectivity index (χ4n) is 3.85. The summed E-state index contributed by atoms with van der Waals surface area (Å²) in [7, 11) is 3.73. The second-order valence-electron chi connectivity index (χ2n) is 7.13. The van der Waals surface area contributed by atoms with Gasteiger partial charge in [-0.2, -0.15) is 0 Å². The van der Waals surface area contributed by atoms with Gasteiger partial charge >= 0.3 is 0 Å². The van der Waals surface area contributed by atoms with E-state index in [1.54, 1.807) is 7.05 Å². The number of benzene rings is 2. The third-order valence-electron chi connectivity index (χ3n) is 5.30. The molecule has 1 aliphatic heterocycles. The Morgan fingerprint density at radius 2 is 2.04 bits per heavy atom. The quantitative estimate of drug-likeness (QED) is 0.641. The first-order valence-electron chi connectivity index (χ1n) is 9.20. The highest BCUT2D eigenvalue weighted by Gasteiger charge is 2.36. The molecule has 4 rings (SSSR count). The van der Waals surface area contributed by atoms with Gasteiger partial charge in [0.15, 0.2) is 17.5 Å². The minimum Gasteiger partial charge on any atom is -0.454 e. The Morgan fingerprint density at radius 3 is 2.89 bits per heavy atom. The van der Waals surface area contributed by atoms with E-state index in [4.69, 9.17) is 9.47 Å². The standard InChI is InChI=1S/C21H25N3O3/c1-22-20(23-13-21(25)10-9-16-5-3-4-6-17(16)21)24(2)12-15-7-8-18-19(11-15)27-14-26-18/h3-8,11,25H,9-10,12-14H2,1-2H3,(H,22,23). The maximum atomic E-state index is 11.1. The lowest BCUT2D eigenvalue weighted by Crippen LogP contribution is -2.45. The molecule has 142 valence electrons. The van der Waals surface area contributed by atoms with E-state index in [0.29, 0.717) is 13.1 Å². The van der Waals surface area contributed by atoms with Crippen LogP contribution in [0.5, 0.6) is 11.5 Å². The monoisotopic (exact) mass is 367 g/mol. The second kappa shape index (κ2) is 7.12. The van der Waals surface area contributed by atoms with E-state index in [1.807, 2.05) is 48.3 Å². The van der Waals surface area contributed by atoms with Crippen molar-refractivity contribution < 1.29 is 14.6 Å². The zero-order chi connectivity index (χ0) is 18.9. The highest BCUT2D eigenvalue weighted by atomic mass is 16.7. The Hall–Kier alpha value is -2.73. The first kappa shape index (κ1) is 17.7. The molecule has 27 heavy (non-hydrogen) atoms. The lowest BCUT2D eigenvalue weighted by atomic mass is 9.96. The molecular formula is C21H25N3O3. The summed E-state index contributed by atoms with van der Waals surface area (Å²) in [6.07, 6.45) is 1.63. The number of aliphatic imine (C=N–C) groups is 1. The normalized spacial score (nSPS) is 20.5. The molecule has 2 aliphatic rings. The number of fused-ring (bicyclic) bond motifs is 2. The Labute approximate surface area is 159 Å². The van der Waals surface area contributed by atoms with Crippen molar-refractivity contribution in [2.24, 2.45) is 4.99 Å². The van der Waals surface area contributed by atoms with Gasteiger partial charge in [0.25, 0.3) is 0 Å². The number of hydrogen-bond acceptors (Lipinski definition) is 4. The van der Waals surface area contributed by atoms with Crippen molar-refractivity contribution in [1.82, 2.24) is 10.2 Å². The minimum absolute atomic E-state index is 0.276. The van der Waals surface area contributed by atoms with E-state index in [1.165, 1.54) is 5.56 Å². The minimum atomic E-state index is -0.855. The average Bonchev–Trinajstić information content (AvgIpc) is 3.27. The zero-order valence-electron chi connectivity index (χ0n) is 15.7. The first-order chi connectivity index (χ1) is 13.1. The van der Waals surface area contributed by atoms with Crippen molar-refractivity contribution in [3.8, 4) is 11.5 Å². The molecular weight excluding hydrogens is 342 g/mol. The first-order valence-corrected chi connectivity index (χ1v) is 9.20. The van der Waals surface area contributed by atoms with Crippen LogP contribution in [0.15, 0.2) is 47.5 Å². The van der Waals surface area contributed by atoms with Gasteiger partial charge in [-0.05, 0) is 41.7 Å². The van der Waals surface area contributed by atoms with Crippen molar-refractivity contribution in [2.45, 2.75) is 25.0 Å². The van der Waals surface area contributed by atoms with E-state index in [9.17, 15) is 5.11 Å². The number of nitrogens with zero attached hydrogens (tertiary/aromatic N) is 2. The molecule has 0 saturated carbocycles. The lowest BCUT2D eigenvalue weighted by Gasteiger charge is -2.28. The molecule has 2 aromatic rings. The highest BCUT2D eigenvalue weighted by molar-refractivity contribution is 5.79. The lowest BCUT2D eigenvalue weighted by molar-refractivity contribution is 0.0427. The zero-order valence-corrected chi connectivity index (χ0v) is 15.7. The van der Waals surface area contributed by atoms with Crippen molar-refractivity contribution >= 4 is 5.96 Å². The smallest absolute Gasteiger partial charge is 0.231 e. The molecule has 2 aromatic carbocycles. The van der Waals surface area contributed by atoms with Gasteiger partial charge in [-0.15, -0.1) is 0 Å². The number of aryl methyl sites for hydroxylation is 1. The molecule has 2 N–H and O–H groups in total. The summed E-state index contributed by atoms with van der Waals surface area (Å²) in [5, 5.41) is 14.4. The van der Waals surface area contributed by atoms with Crippen molar-refractivity contribution in [3.05, 3.63) is 59.2 Å². The Morgan fingerprint density at radius 1 is 1.22 bits per heavy atom. The van der Waals surface area contributed by atoms with Crippen LogP contribution in [-0.2, 0) is 18.6 Å². The molecule has 0 saturated heterocycles. The van der Waals surface area contributed by atoms with Gasteiger partial charge < -0.3 is 24.8 Å². The number of aliphatic hydroxyl groups is 1. The van der Waals surface area contributed by atoms with Crippen molar-refractivity contribution in [3.63, 3.8) is 0 Å². The van der Waals surface area contributed by atoms with Crippen LogP contribution >= 0.6 is 0 Å². The van der Waals surface area contributed by atoms with Crippen LogP contribution in [0.25, 0.3) is 0 Å². The molecule has 6 nitrogen and oxygen atoms in total. The van der Waals surface area contributed by atoms with E-state index < -0.39 is 5.60 Å². The maximum Gasteiger partial charge on any atom is 0.231 e. The molecule has 0 spiro atoms. The summed E-state index contributed by atoms with van der Waals surface area (Å²) in [6.45, 7) is 1.38. The Balaban J connectivity index is 1.41. The van der Waals surface area contributed by atoms with Gasteiger partial charge in [0.1, 0.15) is 5.60 Å². The molecule has 0 fully saturated rings. The summed E-state index contributed by atoms with van der Waals surface area (Å²) >= 11 is 0. The summed E-state index contributed by atoms with van der Waals surface area (Å²) < 4.78 is 10.8. The summed E-state index contributed by atoms with van der Waals surface area (Å²) in [5.74, 6) is 2.30. The molecule has 1 aliphatic carbocycles. The molecule has 0 amide bonds. The summed E-state index contributed by atoms with van der Waals surface area (Å²) in [6, 6.07) is 14.1. The molecule has 0 bridgehead atoms. The van der Waals surface area contributed by atoms with E-state index in [2.05, 4.69) is 16.4 Å². The predicted octanol–water partition coefficient (Wildman–Crippen LogP) is 2.26. The number of guanidine groups is 1. The van der Waals surface area contributed by atoms with Crippen LogP contribution < -0.4 is 14.8 Å². The fraction of sp³-hybridized carbons (Fsp3) is 0.381. The Kier molecular flexibility index (Phi) is 4.66. The number of nitrogens with one attached hydrogen (secondary N) is 1. The van der Waals surface area contributed by atoms with Gasteiger partial charge in [0.05, 0.1) is 6.54 Å². The average molecular weight is 367 g/mol. The topological polar surface area (TPSA) is 66.3 Å². The van der Waals surface area contributed by atoms with Gasteiger partial charge in [-0.1, -0.05) is 30.3 Å². The van der Waals surface area contributed by atoms with E-state index in [-0.39, 0.29) is 6.79 Å². The van der Waals surface area contributed by atoms with Crippen molar-refractivity contribution in [1.29, 1.82) is 0 Å². The molecule has 1 atom stereocenters. The number of rotatable bonds is 4. The van der Waals surface area contributed by atoms with Crippen LogP contribution in [0, 0.1) is 0 Å². The highest BCUT2D eigenvalue weighted by Crippen LogP contribution is 2.36. The molecule has 6 heteroatoms. The SMILES string of the molecule is CN=C(NCC1(O)CCc2ccccc21)N(C)Cc1ccc2c(c1)OCO2. The van der Waals surface area contributed by atoms with Gasteiger partial charge in [0, 0.05) is 20.6 Å². The van der Waals surface area contributed by atoms with Gasteiger partial charge in [0.2, 0.25) is 6.79 Å². The van der Waals surface area contributed by atoms with E-state index in [0.717, 1.165) is 41.4 Å². The van der Waals surface area contributed by atoms with Gasteiger partial charge in [-0.3, -0.25) is 4.99 Å². The van der Waals surface area contributed by atoms with Crippen molar-refractivity contribution in [2.75, 3.05) is 27.4 Å². The molecule has 1 unspecified atom stereocenters. The fourth-order valence-corrected chi connectivity index (χ4v) is 3.85. The van der Waals surface area contributed by atoms with Crippen LogP contribution in [-0.4, -0.2) is 43.4 Å².